The molecule has 25 heavy (non-hydrogen) atoms. The zero-order valence-corrected chi connectivity index (χ0v) is 14.4. The molecule has 0 aliphatic heterocycles. The van der Waals surface area contributed by atoms with E-state index < -0.39 is 4.92 Å². The van der Waals surface area contributed by atoms with Crippen molar-refractivity contribution >= 4 is 11.6 Å². The van der Waals surface area contributed by atoms with Gasteiger partial charge >= 0.3 is 0 Å². The van der Waals surface area contributed by atoms with Crippen LogP contribution in [0.25, 0.3) is 0 Å². The number of carbonyl (C=O) groups excluding carboxylic acids is 1. The third-order valence-electron chi connectivity index (χ3n) is 3.68. The van der Waals surface area contributed by atoms with Gasteiger partial charge in [0, 0.05) is 19.7 Å². The van der Waals surface area contributed by atoms with Gasteiger partial charge in [-0.15, -0.1) is 0 Å². The first kappa shape index (κ1) is 18.3. The summed E-state index contributed by atoms with van der Waals surface area (Å²) >= 11 is 0. The minimum Gasteiger partial charge on any atom is -0.493 e. The first-order valence-electron chi connectivity index (χ1n) is 7.65. The molecule has 0 saturated heterocycles. The molecule has 7 nitrogen and oxygen atoms in total. The zero-order valence-electron chi connectivity index (χ0n) is 14.4. The summed E-state index contributed by atoms with van der Waals surface area (Å²) in [5, 5.41) is 10.9. The molecule has 7 heteroatoms. The molecule has 2 rings (SSSR count). The molecule has 0 radical (unpaired) electrons. The van der Waals surface area contributed by atoms with E-state index in [2.05, 4.69) is 0 Å². The van der Waals surface area contributed by atoms with Gasteiger partial charge in [-0.05, 0) is 18.6 Å². The monoisotopic (exact) mass is 344 g/mol. The first-order chi connectivity index (χ1) is 11.9. The number of hydrogen-bond acceptors (Lipinski definition) is 5. The second kappa shape index (κ2) is 8.14. The van der Waals surface area contributed by atoms with E-state index >= 15 is 0 Å². The molecule has 0 unspecified atom stereocenters. The number of nitro groups is 1. The number of ether oxygens (including phenoxy) is 2. The van der Waals surface area contributed by atoms with Crippen LogP contribution in [0.1, 0.15) is 11.1 Å². The molecule has 2 aromatic rings. The van der Waals surface area contributed by atoms with E-state index in [0.717, 1.165) is 11.1 Å². The molecule has 2 aromatic carbocycles. The second-order valence-electron chi connectivity index (χ2n) is 5.62. The van der Waals surface area contributed by atoms with Crippen molar-refractivity contribution in [2.45, 2.75) is 13.5 Å². The van der Waals surface area contributed by atoms with E-state index in [4.69, 9.17) is 9.47 Å². The number of aryl methyl sites for hydroxylation is 1. The lowest BCUT2D eigenvalue weighted by molar-refractivity contribution is -0.385. The number of methoxy groups -OCH3 is 1. The largest absolute Gasteiger partial charge is 0.493 e. The molecule has 1 amide bonds. The number of amides is 1. The van der Waals surface area contributed by atoms with Gasteiger partial charge in [-0.1, -0.05) is 29.8 Å². The van der Waals surface area contributed by atoms with E-state index in [-0.39, 0.29) is 24.0 Å². The SMILES string of the molecule is COc1ccc([N+](=O)[O-])cc1OCC(=O)N(C)Cc1ccc(C)cc1. The van der Waals surface area contributed by atoms with Gasteiger partial charge in [0.25, 0.3) is 11.6 Å². The van der Waals surface area contributed by atoms with Crippen molar-refractivity contribution in [3.63, 3.8) is 0 Å². The Bertz CT molecular complexity index is 759. The Balaban J connectivity index is 2.00. The molecule has 0 heterocycles. The Morgan fingerprint density at radius 1 is 1.16 bits per heavy atom. The summed E-state index contributed by atoms with van der Waals surface area (Å²) < 4.78 is 10.5. The van der Waals surface area contributed by atoms with Gasteiger partial charge in [-0.25, -0.2) is 0 Å². The van der Waals surface area contributed by atoms with Crippen LogP contribution in [0.2, 0.25) is 0 Å². The van der Waals surface area contributed by atoms with Crippen molar-refractivity contribution in [3.8, 4) is 11.5 Å². The van der Waals surface area contributed by atoms with Crippen molar-refractivity contribution in [1.82, 2.24) is 4.90 Å². The number of nitrogens with zero attached hydrogens (tertiary/aromatic N) is 2. The van der Waals surface area contributed by atoms with Crippen LogP contribution in [-0.2, 0) is 11.3 Å². The minimum atomic E-state index is -0.530. The summed E-state index contributed by atoms with van der Waals surface area (Å²) in [4.78, 5) is 24.1. The molecule has 0 saturated carbocycles. The predicted molar refractivity (Wildman–Crippen MR) is 92.8 cm³/mol. The van der Waals surface area contributed by atoms with Crippen molar-refractivity contribution in [1.29, 1.82) is 0 Å². The summed E-state index contributed by atoms with van der Waals surface area (Å²) in [6.07, 6.45) is 0. The molecule has 0 bridgehead atoms. The molecule has 0 fully saturated rings. The van der Waals surface area contributed by atoms with E-state index in [0.29, 0.717) is 12.3 Å². The number of likely N-dealkylation sites (N-methyl/N-ethyl adjacent to an activating group) is 1. The standard InChI is InChI=1S/C18H20N2O5/c1-13-4-6-14(7-5-13)11-19(2)18(21)12-25-17-10-15(20(22)23)8-9-16(17)24-3/h4-10H,11-12H2,1-3H3. The highest BCUT2D eigenvalue weighted by molar-refractivity contribution is 5.77. The van der Waals surface area contributed by atoms with Crippen molar-refractivity contribution in [2.75, 3.05) is 20.8 Å². The van der Waals surface area contributed by atoms with Crippen LogP contribution in [0.15, 0.2) is 42.5 Å². The van der Waals surface area contributed by atoms with Crippen LogP contribution in [0.4, 0.5) is 5.69 Å². The Morgan fingerprint density at radius 2 is 1.84 bits per heavy atom. The van der Waals surface area contributed by atoms with Crippen molar-refractivity contribution < 1.29 is 19.2 Å². The zero-order chi connectivity index (χ0) is 18.4. The highest BCUT2D eigenvalue weighted by Gasteiger charge is 2.15. The lowest BCUT2D eigenvalue weighted by atomic mass is 10.1. The average Bonchev–Trinajstić information content (AvgIpc) is 2.61. The van der Waals surface area contributed by atoms with Crippen LogP contribution in [0.3, 0.4) is 0 Å². The van der Waals surface area contributed by atoms with E-state index in [1.807, 2.05) is 31.2 Å². The summed E-state index contributed by atoms with van der Waals surface area (Å²) in [6, 6.07) is 11.9. The summed E-state index contributed by atoms with van der Waals surface area (Å²) in [5.41, 5.74) is 2.03. The third-order valence-corrected chi connectivity index (χ3v) is 3.68. The van der Waals surface area contributed by atoms with E-state index in [1.54, 1.807) is 7.05 Å². The van der Waals surface area contributed by atoms with Crippen molar-refractivity contribution in [3.05, 3.63) is 63.7 Å². The average molecular weight is 344 g/mol. The van der Waals surface area contributed by atoms with Crippen LogP contribution in [-0.4, -0.2) is 36.5 Å². The van der Waals surface area contributed by atoms with Crippen LogP contribution in [0.5, 0.6) is 11.5 Å². The van der Waals surface area contributed by atoms with Crippen LogP contribution < -0.4 is 9.47 Å². The van der Waals surface area contributed by atoms with Gasteiger partial charge in [0.15, 0.2) is 18.1 Å². The maximum Gasteiger partial charge on any atom is 0.273 e. The molecular weight excluding hydrogens is 324 g/mol. The highest BCUT2D eigenvalue weighted by atomic mass is 16.6. The molecule has 0 aliphatic carbocycles. The molecule has 0 aromatic heterocycles. The number of non-ortho nitro benzene ring substituents is 1. The van der Waals surface area contributed by atoms with Crippen LogP contribution in [0, 0.1) is 17.0 Å². The lowest BCUT2D eigenvalue weighted by Gasteiger charge is -2.18. The van der Waals surface area contributed by atoms with E-state index in [1.165, 1.54) is 30.2 Å². The fourth-order valence-electron chi connectivity index (χ4n) is 2.20. The minimum absolute atomic E-state index is 0.128. The van der Waals surface area contributed by atoms with Gasteiger partial charge in [-0.2, -0.15) is 0 Å². The Kier molecular flexibility index (Phi) is 5.94. The van der Waals surface area contributed by atoms with Crippen molar-refractivity contribution in [2.24, 2.45) is 0 Å². The number of carbonyl (C=O) groups is 1. The lowest BCUT2D eigenvalue weighted by Crippen LogP contribution is -2.31. The molecule has 0 aliphatic rings. The van der Waals surface area contributed by atoms with Gasteiger partial charge in [0.05, 0.1) is 18.1 Å². The molecule has 0 spiro atoms. The Labute approximate surface area is 145 Å². The Hall–Kier alpha value is -3.09. The number of nitro benzene ring substituents is 1. The number of benzene rings is 2. The van der Waals surface area contributed by atoms with Gasteiger partial charge in [0.2, 0.25) is 0 Å². The smallest absolute Gasteiger partial charge is 0.273 e. The number of hydrogen-bond donors (Lipinski definition) is 0. The summed E-state index contributed by atoms with van der Waals surface area (Å²) in [6.45, 7) is 2.22. The second-order valence-corrected chi connectivity index (χ2v) is 5.62. The highest BCUT2D eigenvalue weighted by Crippen LogP contribution is 2.31. The molecule has 0 atom stereocenters. The van der Waals surface area contributed by atoms with E-state index in [9.17, 15) is 14.9 Å². The fourth-order valence-corrected chi connectivity index (χ4v) is 2.20. The molecular formula is C18H20N2O5. The fraction of sp³-hybridized carbons (Fsp3) is 0.278. The summed E-state index contributed by atoms with van der Waals surface area (Å²) in [7, 11) is 3.11. The summed E-state index contributed by atoms with van der Waals surface area (Å²) in [5.74, 6) is 0.252. The quantitative estimate of drug-likeness (QED) is 0.570. The topological polar surface area (TPSA) is 81.9 Å². The number of rotatable bonds is 7. The maximum atomic E-state index is 12.2. The van der Waals surface area contributed by atoms with Gasteiger partial charge in [0.1, 0.15) is 0 Å². The van der Waals surface area contributed by atoms with Crippen LogP contribution >= 0.6 is 0 Å². The Morgan fingerprint density at radius 3 is 2.44 bits per heavy atom. The molecule has 0 N–H and O–H groups in total. The van der Waals surface area contributed by atoms with Gasteiger partial charge < -0.3 is 14.4 Å². The van der Waals surface area contributed by atoms with Gasteiger partial charge in [-0.3, -0.25) is 14.9 Å². The first-order valence-corrected chi connectivity index (χ1v) is 7.65. The normalized spacial score (nSPS) is 10.2. The third kappa shape index (κ3) is 4.94. The predicted octanol–water partition coefficient (Wildman–Crippen LogP) is 2.95. The molecule has 132 valence electrons. The maximum absolute atomic E-state index is 12.2.